The molecule has 0 atom stereocenters. The van der Waals surface area contributed by atoms with E-state index in [1.54, 1.807) is 6.07 Å². The summed E-state index contributed by atoms with van der Waals surface area (Å²) in [7, 11) is 0. The van der Waals surface area contributed by atoms with Crippen LogP contribution in [-0.2, 0) is 4.79 Å². The molecule has 1 aliphatic heterocycles. The molecule has 1 N–H and O–H groups in total. The lowest BCUT2D eigenvalue weighted by Crippen LogP contribution is -2.23. The van der Waals surface area contributed by atoms with Crippen molar-refractivity contribution in [3.63, 3.8) is 0 Å². The Morgan fingerprint density at radius 3 is 3.07 bits per heavy atom. The van der Waals surface area contributed by atoms with Crippen LogP contribution in [0.2, 0.25) is 0 Å². The van der Waals surface area contributed by atoms with E-state index in [1.807, 2.05) is 11.8 Å². The maximum atomic E-state index is 13.1. The molecule has 1 aliphatic rings. The summed E-state index contributed by atoms with van der Waals surface area (Å²) in [5.74, 6) is -0.290. The van der Waals surface area contributed by atoms with E-state index in [0.29, 0.717) is 18.7 Å². The van der Waals surface area contributed by atoms with Crippen LogP contribution in [0.25, 0.3) is 0 Å². The van der Waals surface area contributed by atoms with Crippen LogP contribution in [0.5, 0.6) is 0 Å². The van der Waals surface area contributed by atoms with Crippen molar-refractivity contribution >= 4 is 17.3 Å². The van der Waals surface area contributed by atoms with Crippen molar-refractivity contribution < 1.29 is 9.18 Å². The number of carbonyl (C=O) groups excluding carboxylic acids is 1. The van der Waals surface area contributed by atoms with Gasteiger partial charge in [0.15, 0.2) is 0 Å². The number of halogens is 1. The summed E-state index contributed by atoms with van der Waals surface area (Å²) in [6.45, 7) is 3.40. The Balaban J connectivity index is 2.45. The number of benzene rings is 1. The van der Waals surface area contributed by atoms with Gasteiger partial charge < -0.3 is 10.2 Å². The summed E-state index contributed by atoms with van der Waals surface area (Å²) >= 11 is 0. The predicted molar refractivity (Wildman–Crippen MR) is 57.5 cm³/mol. The third-order valence-corrected chi connectivity index (χ3v) is 2.57. The second-order valence-electron chi connectivity index (χ2n) is 3.54. The molecule has 1 aromatic carbocycles. The van der Waals surface area contributed by atoms with Crippen LogP contribution in [0.1, 0.15) is 13.3 Å². The molecule has 0 radical (unpaired) electrons. The zero-order valence-electron chi connectivity index (χ0n) is 8.59. The maximum Gasteiger partial charge on any atom is 0.226 e. The molecule has 0 saturated heterocycles. The molecule has 0 unspecified atom stereocenters. The normalized spacial score (nSPS) is 15.6. The predicted octanol–water partition coefficient (Wildman–Crippen LogP) is 1.99. The van der Waals surface area contributed by atoms with Crippen LogP contribution in [0, 0.1) is 5.82 Å². The van der Waals surface area contributed by atoms with Crippen LogP contribution in [0.15, 0.2) is 18.2 Å². The van der Waals surface area contributed by atoms with Crippen molar-refractivity contribution in [2.45, 2.75) is 13.3 Å². The molecule has 3 nitrogen and oxygen atoms in total. The molecule has 15 heavy (non-hydrogen) atoms. The van der Waals surface area contributed by atoms with Crippen LogP contribution < -0.4 is 10.2 Å². The van der Waals surface area contributed by atoms with Gasteiger partial charge in [-0.05, 0) is 25.1 Å². The van der Waals surface area contributed by atoms with Gasteiger partial charge in [0.1, 0.15) is 5.82 Å². The second-order valence-corrected chi connectivity index (χ2v) is 3.54. The van der Waals surface area contributed by atoms with Crippen LogP contribution >= 0.6 is 0 Å². The molecule has 1 heterocycles. The van der Waals surface area contributed by atoms with E-state index in [1.165, 1.54) is 12.1 Å². The minimum Gasteiger partial charge on any atom is -0.370 e. The zero-order chi connectivity index (χ0) is 10.8. The average molecular weight is 208 g/mol. The average Bonchev–Trinajstić information content (AvgIpc) is 2.37. The summed E-state index contributed by atoms with van der Waals surface area (Å²) in [6.07, 6.45) is 0.449. The zero-order valence-corrected chi connectivity index (χ0v) is 8.59. The fourth-order valence-corrected chi connectivity index (χ4v) is 1.77. The minimum atomic E-state index is -0.275. The van der Waals surface area contributed by atoms with Gasteiger partial charge in [-0.25, -0.2) is 4.39 Å². The van der Waals surface area contributed by atoms with Crippen LogP contribution in [0.3, 0.4) is 0 Å². The first kappa shape index (κ1) is 9.96. The first-order valence-electron chi connectivity index (χ1n) is 5.05. The fraction of sp³-hybridized carbons (Fsp3) is 0.364. The number of amides is 1. The number of rotatable bonds is 1. The standard InChI is InChI=1S/C11H13FN2O/c1-2-14-6-5-11(15)13-9-4-3-8(12)7-10(9)14/h3-4,7H,2,5-6H2,1H3,(H,13,15). The first-order valence-corrected chi connectivity index (χ1v) is 5.05. The van der Waals surface area contributed by atoms with Gasteiger partial charge in [0.05, 0.1) is 11.4 Å². The summed E-state index contributed by atoms with van der Waals surface area (Å²) in [5.41, 5.74) is 1.46. The Labute approximate surface area is 87.9 Å². The fourth-order valence-electron chi connectivity index (χ4n) is 1.77. The van der Waals surface area contributed by atoms with Gasteiger partial charge in [0, 0.05) is 19.5 Å². The first-order chi connectivity index (χ1) is 7.20. The highest BCUT2D eigenvalue weighted by Gasteiger charge is 2.18. The van der Waals surface area contributed by atoms with E-state index >= 15 is 0 Å². The second kappa shape index (κ2) is 3.88. The van der Waals surface area contributed by atoms with Crippen molar-refractivity contribution in [1.82, 2.24) is 0 Å². The third kappa shape index (κ3) is 1.93. The van der Waals surface area contributed by atoms with Crippen molar-refractivity contribution in [2.24, 2.45) is 0 Å². The van der Waals surface area contributed by atoms with Gasteiger partial charge in [0.2, 0.25) is 5.91 Å². The van der Waals surface area contributed by atoms with Crippen LogP contribution in [0.4, 0.5) is 15.8 Å². The smallest absolute Gasteiger partial charge is 0.226 e. The molecule has 0 bridgehead atoms. The van der Waals surface area contributed by atoms with Crippen LogP contribution in [-0.4, -0.2) is 19.0 Å². The molecular weight excluding hydrogens is 195 g/mol. The van der Waals surface area contributed by atoms with Crippen molar-refractivity contribution in [1.29, 1.82) is 0 Å². The highest BCUT2D eigenvalue weighted by atomic mass is 19.1. The molecular formula is C11H13FN2O. The molecule has 0 aliphatic carbocycles. The van der Waals surface area contributed by atoms with E-state index in [0.717, 1.165) is 12.2 Å². The molecule has 0 saturated carbocycles. The molecule has 0 fully saturated rings. The Hall–Kier alpha value is -1.58. The topological polar surface area (TPSA) is 32.3 Å². The Morgan fingerprint density at radius 2 is 2.33 bits per heavy atom. The summed E-state index contributed by atoms with van der Waals surface area (Å²) in [5, 5.41) is 2.77. The van der Waals surface area contributed by atoms with Gasteiger partial charge >= 0.3 is 0 Å². The number of nitrogens with one attached hydrogen (secondary N) is 1. The largest absolute Gasteiger partial charge is 0.370 e. The lowest BCUT2D eigenvalue weighted by molar-refractivity contribution is -0.115. The van der Waals surface area contributed by atoms with E-state index < -0.39 is 0 Å². The van der Waals surface area contributed by atoms with Gasteiger partial charge in [-0.15, -0.1) is 0 Å². The van der Waals surface area contributed by atoms with Crippen molar-refractivity contribution in [2.75, 3.05) is 23.3 Å². The summed E-state index contributed by atoms with van der Waals surface area (Å²) in [4.78, 5) is 13.4. The molecule has 4 heteroatoms. The molecule has 80 valence electrons. The number of nitrogens with zero attached hydrogens (tertiary/aromatic N) is 1. The number of hydrogen-bond acceptors (Lipinski definition) is 2. The highest BCUT2D eigenvalue weighted by molar-refractivity contribution is 5.96. The van der Waals surface area contributed by atoms with Gasteiger partial charge in [-0.3, -0.25) is 4.79 Å². The van der Waals surface area contributed by atoms with E-state index in [2.05, 4.69) is 5.32 Å². The number of fused-ring (bicyclic) bond motifs is 1. The lowest BCUT2D eigenvalue weighted by Gasteiger charge is -2.21. The van der Waals surface area contributed by atoms with Gasteiger partial charge in [-0.1, -0.05) is 0 Å². The minimum absolute atomic E-state index is 0.0150. The Kier molecular flexibility index (Phi) is 2.58. The SMILES string of the molecule is CCN1CCC(=O)Nc2ccc(F)cc21. The quantitative estimate of drug-likeness (QED) is 0.765. The van der Waals surface area contributed by atoms with E-state index in [-0.39, 0.29) is 11.7 Å². The summed E-state index contributed by atoms with van der Waals surface area (Å²) in [6, 6.07) is 4.43. The molecule has 2 rings (SSSR count). The maximum absolute atomic E-state index is 13.1. The van der Waals surface area contributed by atoms with Crippen molar-refractivity contribution in [3.8, 4) is 0 Å². The van der Waals surface area contributed by atoms with Gasteiger partial charge in [0.25, 0.3) is 0 Å². The molecule has 0 spiro atoms. The molecule has 1 amide bonds. The Morgan fingerprint density at radius 1 is 1.53 bits per heavy atom. The van der Waals surface area contributed by atoms with E-state index in [4.69, 9.17) is 0 Å². The lowest BCUT2D eigenvalue weighted by atomic mass is 10.2. The monoisotopic (exact) mass is 208 g/mol. The van der Waals surface area contributed by atoms with Gasteiger partial charge in [-0.2, -0.15) is 0 Å². The highest BCUT2D eigenvalue weighted by Crippen LogP contribution is 2.29. The number of anilines is 2. The third-order valence-electron chi connectivity index (χ3n) is 2.57. The number of carbonyl (C=O) groups is 1. The number of hydrogen-bond donors (Lipinski definition) is 1. The summed E-state index contributed by atoms with van der Waals surface area (Å²) < 4.78 is 13.1. The van der Waals surface area contributed by atoms with E-state index in [9.17, 15) is 9.18 Å². The molecule has 0 aromatic heterocycles. The Bertz CT molecular complexity index is 392. The van der Waals surface area contributed by atoms with Crippen molar-refractivity contribution in [3.05, 3.63) is 24.0 Å². The molecule has 1 aromatic rings.